The molecule has 5 nitrogen and oxygen atoms in total. The molecule has 1 aromatic rings. The second-order valence-corrected chi connectivity index (χ2v) is 2.12. The fourth-order valence-corrected chi connectivity index (χ4v) is 0.704. The van der Waals surface area contributed by atoms with Gasteiger partial charge in [-0.3, -0.25) is 4.79 Å². The number of aromatic nitrogens is 1. The van der Waals surface area contributed by atoms with E-state index in [-0.39, 0.29) is 16.9 Å². The van der Waals surface area contributed by atoms with E-state index in [0.717, 1.165) is 6.20 Å². The smallest absolute Gasteiger partial charge is 0.337 e. The van der Waals surface area contributed by atoms with Crippen LogP contribution >= 0.6 is 0 Å². The lowest BCUT2D eigenvalue weighted by Crippen LogP contribution is -2.02. The Bertz CT molecular complexity index is 335. The largest absolute Gasteiger partial charge is 0.478 e. The van der Waals surface area contributed by atoms with Crippen molar-refractivity contribution >= 4 is 18.1 Å². The van der Waals surface area contributed by atoms with Crippen molar-refractivity contribution < 1.29 is 14.7 Å². The average Bonchev–Trinajstić information content (AvgIpc) is 2.05. The van der Waals surface area contributed by atoms with Gasteiger partial charge in [0.2, 0.25) is 0 Å². The summed E-state index contributed by atoms with van der Waals surface area (Å²) in [7, 11) is 0. The van der Waals surface area contributed by atoms with Gasteiger partial charge in [0.25, 0.3) is 0 Å². The predicted octanol–water partition coefficient (Wildman–Crippen LogP) is 0.175. The van der Waals surface area contributed by atoms with Crippen LogP contribution in [0.5, 0.6) is 0 Å². The van der Waals surface area contributed by atoms with E-state index in [4.69, 9.17) is 10.8 Å². The number of carboxylic acid groups (broad SMARTS) is 1. The minimum absolute atomic E-state index is 0.0370. The van der Waals surface area contributed by atoms with Crippen LogP contribution in [0.15, 0.2) is 12.3 Å². The van der Waals surface area contributed by atoms with Crippen molar-refractivity contribution in [2.24, 2.45) is 0 Å². The quantitative estimate of drug-likeness (QED) is 0.611. The highest BCUT2D eigenvalue weighted by molar-refractivity contribution is 5.91. The normalized spacial score (nSPS) is 9.33. The van der Waals surface area contributed by atoms with Crippen molar-refractivity contribution in [3.05, 3.63) is 23.4 Å². The van der Waals surface area contributed by atoms with E-state index in [1.807, 2.05) is 0 Å². The van der Waals surface area contributed by atoms with Gasteiger partial charge in [-0.25, -0.2) is 9.78 Å². The highest BCUT2D eigenvalue weighted by atomic mass is 16.4. The molecule has 1 aromatic heterocycles. The van der Waals surface area contributed by atoms with Crippen LogP contribution in [-0.4, -0.2) is 22.3 Å². The molecular formula is C7H6N2O3. The fourth-order valence-electron chi connectivity index (χ4n) is 0.704. The van der Waals surface area contributed by atoms with Gasteiger partial charge in [0.05, 0.1) is 11.1 Å². The summed E-state index contributed by atoms with van der Waals surface area (Å²) in [5.74, 6) is -1.10. The molecule has 0 aliphatic rings. The van der Waals surface area contributed by atoms with Crippen molar-refractivity contribution in [1.29, 1.82) is 0 Å². The number of nitrogen functional groups attached to an aromatic ring is 1. The number of pyridine rings is 1. The van der Waals surface area contributed by atoms with Crippen LogP contribution in [0.1, 0.15) is 20.7 Å². The molecule has 0 amide bonds. The average molecular weight is 166 g/mol. The van der Waals surface area contributed by atoms with E-state index in [1.165, 1.54) is 6.07 Å². The number of rotatable bonds is 2. The molecule has 0 aliphatic heterocycles. The van der Waals surface area contributed by atoms with Crippen LogP contribution in [0.3, 0.4) is 0 Å². The first-order chi connectivity index (χ1) is 5.65. The number of aldehydes is 1. The number of carbonyl (C=O) groups excluding carboxylic acids is 1. The van der Waals surface area contributed by atoms with Gasteiger partial charge in [-0.15, -0.1) is 0 Å². The molecule has 5 heteroatoms. The molecule has 0 unspecified atom stereocenters. The third-order valence-corrected chi connectivity index (χ3v) is 1.32. The summed E-state index contributed by atoms with van der Waals surface area (Å²) >= 11 is 0. The zero-order chi connectivity index (χ0) is 9.14. The zero-order valence-electron chi connectivity index (χ0n) is 6.02. The Hall–Kier alpha value is -1.91. The van der Waals surface area contributed by atoms with E-state index in [1.54, 1.807) is 0 Å². The minimum atomic E-state index is -1.13. The number of anilines is 1. The first-order valence-electron chi connectivity index (χ1n) is 3.09. The van der Waals surface area contributed by atoms with E-state index in [0.29, 0.717) is 6.29 Å². The Morgan fingerprint density at radius 3 is 2.83 bits per heavy atom. The summed E-state index contributed by atoms with van der Waals surface area (Å²) in [6.07, 6.45) is 1.57. The SMILES string of the molecule is Nc1ncc(C(=O)O)cc1C=O. The van der Waals surface area contributed by atoms with E-state index in [9.17, 15) is 9.59 Å². The zero-order valence-corrected chi connectivity index (χ0v) is 6.02. The number of carbonyl (C=O) groups is 2. The van der Waals surface area contributed by atoms with Crippen molar-refractivity contribution in [2.75, 3.05) is 5.73 Å². The molecule has 0 atom stereocenters. The molecular weight excluding hydrogens is 160 g/mol. The second kappa shape index (κ2) is 3.00. The minimum Gasteiger partial charge on any atom is -0.478 e. The van der Waals surface area contributed by atoms with Gasteiger partial charge >= 0.3 is 5.97 Å². The predicted molar refractivity (Wildman–Crippen MR) is 41.0 cm³/mol. The summed E-state index contributed by atoms with van der Waals surface area (Å²) in [4.78, 5) is 24.2. The molecule has 1 rings (SSSR count). The Morgan fingerprint density at radius 2 is 2.33 bits per heavy atom. The topological polar surface area (TPSA) is 93.3 Å². The fraction of sp³-hybridized carbons (Fsp3) is 0. The van der Waals surface area contributed by atoms with Crippen molar-refractivity contribution in [3.63, 3.8) is 0 Å². The molecule has 62 valence electrons. The van der Waals surface area contributed by atoms with Crippen molar-refractivity contribution in [3.8, 4) is 0 Å². The maximum atomic E-state index is 10.4. The molecule has 1 heterocycles. The Kier molecular flexibility index (Phi) is 2.05. The highest BCUT2D eigenvalue weighted by Crippen LogP contribution is 2.07. The van der Waals surface area contributed by atoms with Crippen LogP contribution < -0.4 is 5.73 Å². The maximum Gasteiger partial charge on any atom is 0.337 e. The lowest BCUT2D eigenvalue weighted by Gasteiger charge is -1.97. The van der Waals surface area contributed by atoms with Crippen molar-refractivity contribution in [2.45, 2.75) is 0 Å². The molecule has 0 radical (unpaired) electrons. The van der Waals surface area contributed by atoms with Crippen LogP contribution in [-0.2, 0) is 0 Å². The van der Waals surface area contributed by atoms with Gasteiger partial charge in [-0.1, -0.05) is 0 Å². The summed E-state index contributed by atoms with van der Waals surface area (Å²) in [5, 5.41) is 8.50. The molecule has 0 saturated heterocycles. The maximum absolute atomic E-state index is 10.4. The monoisotopic (exact) mass is 166 g/mol. The van der Waals surface area contributed by atoms with Crippen LogP contribution in [0.25, 0.3) is 0 Å². The third kappa shape index (κ3) is 1.39. The Morgan fingerprint density at radius 1 is 1.67 bits per heavy atom. The van der Waals surface area contributed by atoms with Gasteiger partial charge in [0, 0.05) is 6.20 Å². The van der Waals surface area contributed by atoms with Crippen molar-refractivity contribution in [1.82, 2.24) is 4.98 Å². The molecule has 3 N–H and O–H groups in total. The Balaban J connectivity index is 3.22. The van der Waals surface area contributed by atoms with Gasteiger partial charge < -0.3 is 10.8 Å². The highest BCUT2D eigenvalue weighted by Gasteiger charge is 2.06. The van der Waals surface area contributed by atoms with Gasteiger partial charge in [-0.05, 0) is 6.07 Å². The first kappa shape index (κ1) is 8.19. The molecule has 0 fully saturated rings. The second-order valence-electron chi connectivity index (χ2n) is 2.12. The Labute approximate surface area is 67.8 Å². The number of aromatic carboxylic acids is 1. The van der Waals surface area contributed by atoms with Gasteiger partial charge in [-0.2, -0.15) is 0 Å². The van der Waals surface area contributed by atoms with Crippen LogP contribution in [0.4, 0.5) is 5.82 Å². The van der Waals surface area contributed by atoms with Gasteiger partial charge in [0.1, 0.15) is 5.82 Å². The molecule has 12 heavy (non-hydrogen) atoms. The summed E-state index contributed by atoms with van der Waals surface area (Å²) < 4.78 is 0. The number of nitrogens with two attached hydrogens (primary N) is 1. The standard InChI is InChI=1S/C7H6N2O3/c8-6-5(3-10)1-4(2-9-6)7(11)12/h1-3H,(H2,8,9)(H,11,12). The summed E-state index contributed by atoms with van der Waals surface area (Å²) in [5.41, 5.74) is 5.31. The lowest BCUT2D eigenvalue weighted by molar-refractivity contribution is 0.0696. The molecule has 0 saturated carbocycles. The third-order valence-electron chi connectivity index (χ3n) is 1.32. The van der Waals surface area contributed by atoms with E-state index >= 15 is 0 Å². The number of nitrogens with zero attached hydrogens (tertiary/aromatic N) is 1. The first-order valence-corrected chi connectivity index (χ1v) is 3.09. The molecule has 0 aliphatic carbocycles. The number of hydrogen-bond donors (Lipinski definition) is 2. The molecule has 0 bridgehead atoms. The summed E-state index contributed by atoms with van der Waals surface area (Å²) in [6.45, 7) is 0. The molecule has 0 spiro atoms. The number of hydrogen-bond acceptors (Lipinski definition) is 4. The van der Waals surface area contributed by atoms with E-state index < -0.39 is 5.97 Å². The molecule has 0 aromatic carbocycles. The van der Waals surface area contributed by atoms with Gasteiger partial charge in [0.15, 0.2) is 6.29 Å². The van der Waals surface area contributed by atoms with Crippen LogP contribution in [0, 0.1) is 0 Å². The summed E-state index contributed by atoms with van der Waals surface area (Å²) in [6, 6.07) is 1.18. The van der Waals surface area contributed by atoms with Crippen LogP contribution in [0.2, 0.25) is 0 Å². The van der Waals surface area contributed by atoms with E-state index in [2.05, 4.69) is 4.98 Å². The lowest BCUT2D eigenvalue weighted by atomic mass is 10.2. The number of carboxylic acids is 1.